The van der Waals surface area contributed by atoms with E-state index in [0.717, 1.165) is 59.6 Å². The summed E-state index contributed by atoms with van der Waals surface area (Å²) >= 11 is 25.6. The lowest BCUT2D eigenvalue weighted by atomic mass is 9.85. The fourth-order valence-electron chi connectivity index (χ4n) is 8.19. The van der Waals surface area contributed by atoms with E-state index in [9.17, 15) is 21.6 Å². The van der Waals surface area contributed by atoms with Crippen LogP contribution in [-0.2, 0) is 56.9 Å². The molecule has 0 saturated heterocycles. The normalized spacial score (nSPS) is 16.9. The van der Waals surface area contributed by atoms with Gasteiger partial charge in [-0.3, -0.25) is 4.79 Å². The molecule has 2 N–H and O–H groups in total. The minimum absolute atomic E-state index is 0.00939. The van der Waals surface area contributed by atoms with Crippen molar-refractivity contribution in [3.63, 3.8) is 0 Å². The van der Waals surface area contributed by atoms with Crippen LogP contribution in [0.15, 0.2) is 82.6 Å². The Morgan fingerprint density at radius 3 is 1.30 bits per heavy atom. The van der Waals surface area contributed by atoms with Gasteiger partial charge in [-0.05, 0) is 109 Å². The summed E-state index contributed by atoms with van der Waals surface area (Å²) in [6.45, 7) is 5.61. The Balaban J connectivity index is 0.742. The highest BCUT2D eigenvalue weighted by atomic mass is 35.5. The van der Waals surface area contributed by atoms with E-state index in [-0.39, 0.29) is 53.7 Å². The van der Waals surface area contributed by atoms with Gasteiger partial charge in [-0.1, -0.05) is 70.7 Å². The van der Waals surface area contributed by atoms with E-state index >= 15 is 0 Å². The van der Waals surface area contributed by atoms with Gasteiger partial charge in [0, 0.05) is 97.3 Å². The van der Waals surface area contributed by atoms with Crippen LogP contribution in [0.1, 0.15) is 70.9 Å². The molecule has 2 aliphatic rings. The van der Waals surface area contributed by atoms with Gasteiger partial charge in [-0.25, -0.2) is 26.3 Å². The van der Waals surface area contributed by atoms with Crippen LogP contribution in [0.2, 0.25) is 20.1 Å². The number of hydrogen-bond acceptors (Lipinski definition) is 11. The fourth-order valence-corrected chi connectivity index (χ4v) is 11.4. The smallest absolute Gasteiger partial charge is 0.240 e. The Morgan fingerprint density at radius 2 is 0.924 bits per heavy atom. The Kier molecular flexibility index (Phi) is 20.1. The van der Waals surface area contributed by atoms with Crippen LogP contribution in [0, 0.1) is 0 Å². The molecule has 2 aliphatic heterocycles. The molecule has 0 aliphatic carbocycles. The number of sulfonamides is 2. The summed E-state index contributed by atoms with van der Waals surface area (Å²) in [5.74, 6) is 0.146. The zero-order valence-corrected chi connectivity index (χ0v) is 41.9. The predicted molar refractivity (Wildman–Crippen MR) is 259 cm³/mol. The molecular weight excluding hydrogens is 970 g/mol. The highest BCUT2D eigenvalue weighted by Crippen LogP contribution is 2.40. The van der Waals surface area contributed by atoms with E-state index in [2.05, 4.69) is 19.2 Å². The predicted octanol–water partition coefficient (Wildman–Crippen LogP) is 7.91. The number of ketones is 1. The number of carbonyl (C=O) groups is 1. The van der Waals surface area contributed by atoms with Crippen LogP contribution in [0.4, 0.5) is 0 Å². The van der Waals surface area contributed by atoms with Gasteiger partial charge in [0.25, 0.3) is 0 Å². The van der Waals surface area contributed by atoms with Crippen molar-refractivity contribution in [3.05, 3.63) is 126 Å². The van der Waals surface area contributed by atoms with E-state index in [1.165, 1.54) is 0 Å². The number of hydrogen-bond donors (Lipinski definition) is 2. The molecule has 19 heteroatoms. The highest BCUT2D eigenvalue weighted by molar-refractivity contribution is 7.89. The summed E-state index contributed by atoms with van der Waals surface area (Å²) in [5.41, 5.74) is 6.13. The largest absolute Gasteiger partial charge is 0.379 e. The lowest BCUT2D eigenvalue weighted by molar-refractivity contribution is -0.119. The van der Waals surface area contributed by atoms with Gasteiger partial charge in [-0.2, -0.15) is 0 Å². The van der Waals surface area contributed by atoms with Crippen LogP contribution >= 0.6 is 46.4 Å². The van der Waals surface area contributed by atoms with E-state index in [1.807, 2.05) is 50.5 Å². The first-order valence-electron chi connectivity index (χ1n) is 22.0. The van der Waals surface area contributed by atoms with Crippen LogP contribution in [0.3, 0.4) is 0 Å². The summed E-state index contributed by atoms with van der Waals surface area (Å²) in [6, 6.07) is 21.1. The topological polar surface area (TPSA) is 153 Å². The molecule has 0 spiro atoms. The zero-order valence-electron chi connectivity index (χ0n) is 37.2. The quantitative estimate of drug-likeness (QED) is 0.0591. The molecular formula is C47H58Cl4N4O9S2. The third-order valence-electron chi connectivity index (χ3n) is 11.5. The maximum Gasteiger partial charge on any atom is 0.240 e. The molecule has 2 heterocycles. The maximum atomic E-state index is 12.9. The van der Waals surface area contributed by atoms with E-state index < -0.39 is 20.0 Å². The van der Waals surface area contributed by atoms with E-state index in [0.29, 0.717) is 85.4 Å². The Morgan fingerprint density at radius 1 is 0.561 bits per heavy atom. The average molecular weight is 1030 g/mol. The first-order valence-corrected chi connectivity index (χ1v) is 26.4. The van der Waals surface area contributed by atoms with Gasteiger partial charge >= 0.3 is 0 Å². The minimum atomic E-state index is -3.73. The fraction of sp³-hybridized carbons (Fsp3) is 0.468. The van der Waals surface area contributed by atoms with E-state index in [1.54, 1.807) is 36.4 Å². The molecule has 0 aromatic heterocycles. The Bertz CT molecular complexity index is 2300. The van der Waals surface area contributed by atoms with Crippen molar-refractivity contribution in [3.8, 4) is 0 Å². The second-order valence-electron chi connectivity index (χ2n) is 16.5. The first kappa shape index (κ1) is 52.7. The van der Waals surface area contributed by atoms with Crippen molar-refractivity contribution < 1.29 is 40.6 Å². The highest BCUT2D eigenvalue weighted by Gasteiger charge is 2.29. The summed E-state index contributed by atoms with van der Waals surface area (Å²) in [4.78, 5) is 17.0. The second kappa shape index (κ2) is 25.2. The Labute approximate surface area is 409 Å². The lowest BCUT2D eigenvalue weighted by Gasteiger charge is -2.33. The number of likely N-dealkylation sites (N-methyl/N-ethyl adjacent to an activating group) is 2. The number of halogens is 4. The molecule has 2 atom stereocenters. The number of Topliss-reactive ketones (excluding diaryl/α,β-unsaturated/α-hetero) is 1. The van der Waals surface area contributed by atoms with Crippen molar-refractivity contribution in [2.45, 2.75) is 60.4 Å². The molecule has 13 nitrogen and oxygen atoms in total. The van der Waals surface area contributed by atoms with Gasteiger partial charge in [0.1, 0.15) is 5.78 Å². The summed E-state index contributed by atoms with van der Waals surface area (Å²) in [5, 5.41) is 2.40. The summed E-state index contributed by atoms with van der Waals surface area (Å²) in [7, 11) is -3.40. The molecule has 0 saturated carbocycles. The van der Waals surface area contributed by atoms with Crippen molar-refractivity contribution >= 4 is 72.2 Å². The van der Waals surface area contributed by atoms with E-state index in [4.69, 9.17) is 65.4 Å². The van der Waals surface area contributed by atoms with Crippen molar-refractivity contribution in [1.82, 2.24) is 19.2 Å². The molecule has 360 valence electrons. The van der Waals surface area contributed by atoms with Crippen LogP contribution in [-0.4, -0.2) is 126 Å². The SMILES string of the molecule is CN1Cc2c(Cl)cc(Cl)cc2C(c2ccc(S(=O)(=O)NCCOCCOCCCC(=O)CCCOCCOCCNS(=O)(=O)c3ccc(C4CN(C)Cc5c(Cl)cc(Cl)cc54)cc3)cc2)C1. The van der Waals surface area contributed by atoms with Crippen LogP contribution in [0.25, 0.3) is 0 Å². The molecule has 0 fully saturated rings. The summed E-state index contributed by atoms with van der Waals surface area (Å²) < 4.78 is 79.0. The molecule has 66 heavy (non-hydrogen) atoms. The van der Waals surface area contributed by atoms with Crippen LogP contribution in [0.5, 0.6) is 0 Å². The van der Waals surface area contributed by atoms with Gasteiger partial charge in [0.05, 0.1) is 49.4 Å². The number of benzene rings is 4. The van der Waals surface area contributed by atoms with Crippen LogP contribution < -0.4 is 9.44 Å². The monoisotopic (exact) mass is 1030 g/mol. The van der Waals surface area contributed by atoms with Crippen molar-refractivity contribution in [2.24, 2.45) is 0 Å². The number of nitrogens with one attached hydrogen (secondary N) is 2. The second-order valence-corrected chi connectivity index (χ2v) is 21.8. The standard InChI is InChI=1S/C47H58Cl4N4O9S2/c1-54-29-42(40-25-35(48)27-46(50)44(40)31-54)33-7-11-38(12-8-33)65(57,58)52-15-19-63-23-21-61-17-3-5-37(56)6-4-18-62-22-24-64-20-16-53-66(59,60)39-13-9-34(10-14-39)43-30-55(2)32-45-41(43)26-36(49)28-47(45)51/h7-14,25-28,42-43,52-53H,3-6,15-24,29-32H2,1-2H3. The third-order valence-corrected chi connectivity index (χ3v) is 15.5. The number of rotatable bonds is 26. The number of fused-ring (bicyclic) bond motifs is 2. The Hall–Kier alpha value is -2.71. The first-order chi connectivity index (χ1) is 31.6. The average Bonchev–Trinajstić information content (AvgIpc) is 3.27. The van der Waals surface area contributed by atoms with Crippen molar-refractivity contribution in [1.29, 1.82) is 0 Å². The van der Waals surface area contributed by atoms with Gasteiger partial charge in [0.15, 0.2) is 0 Å². The van der Waals surface area contributed by atoms with Gasteiger partial charge in [-0.15, -0.1) is 0 Å². The third kappa shape index (κ3) is 15.1. The molecule has 0 bridgehead atoms. The van der Waals surface area contributed by atoms with Crippen molar-refractivity contribution in [2.75, 3.05) is 93.1 Å². The number of nitrogens with zero attached hydrogens (tertiary/aromatic N) is 2. The molecule has 6 rings (SSSR count). The zero-order chi connectivity index (χ0) is 47.3. The maximum absolute atomic E-state index is 12.9. The number of ether oxygens (including phenoxy) is 4. The summed E-state index contributed by atoms with van der Waals surface area (Å²) in [6.07, 6.45) is 1.98. The number of carbonyl (C=O) groups excluding carboxylic acids is 1. The molecule has 0 radical (unpaired) electrons. The molecule has 4 aromatic rings. The lowest BCUT2D eigenvalue weighted by Crippen LogP contribution is -2.31. The van der Waals surface area contributed by atoms with Gasteiger partial charge < -0.3 is 28.7 Å². The minimum Gasteiger partial charge on any atom is -0.379 e. The molecule has 4 aromatic carbocycles. The molecule has 2 unspecified atom stereocenters. The van der Waals surface area contributed by atoms with Gasteiger partial charge in [0.2, 0.25) is 20.0 Å². The molecule has 0 amide bonds.